The first-order valence-corrected chi connectivity index (χ1v) is 7.57. The molecule has 0 aromatic carbocycles. The number of hydrogen-bond acceptors (Lipinski definition) is 5. The number of nitrogens with zero attached hydrogens (tertiary/aromatic N) is 3. The molecule has 1 atom stereocenters. The van der Waals surface area contributed by atoms with E-state index in [9.17, 15) is 4.79 Å². The van der Waals surface area contributed by atoms with Crippen LogP contribution in [0.25, 0.3) is 0 Å². The molecular formula is C14H25ClN4O2. The van der Waals surface area contributed by atoms with E-state index in [0.29, 0.717) is 31.4 Å². The highest BCUT2D eigenvalue weighted by molar-refractivity contribution is 6.32. The third-order valence-corrected chi connectivity index (χ3v) is 3.98. The van der Waals surface area contributed by atoms with Crippen molar-refractivity contribution in [3.05, 3.63) is 21.6 Å². The highest BCUT2D eigenvalue weighted by atomic mass is 35.5. The monoisotopic (exact) mass is 316 g/mol. The summed E-state index contributed by atoms with van der Waals surface area (Å²) in [6, 6.07) is 0.530. The van der Waals surface area contributed by atoms with Gasteiger partial charge < -0.3 is 15.0 Å². The Kier molecular flexibility index (Phi) is 7.71. The molecule has 0 radical (unpaired) electrons. The molecule has 0 saturated carbocycles. The van der Waals surface area contributed by atoms with Crippen LogP contribution in [0.4, 0.5) is 5.69 Å². The maximum Gasteiger partial charge on any atom is 0.287 e. The quantitative estimate of drug-likeness (QED) is 0.751. The normalized spacial score (nSPS) is 12.7. The van der Waals surface area contributed by atoms with Gasteiger partial charge in [0.05, 0.1) is 25.0 Å². The fourth-order valence-electron chi connectivity index (χ4n) is 1.82. The number of anilines is 1. The number of hydrogen-bond donors (Lipinski definition) is 1. The third kappa shape index (κ3) is 5.30. The van der Waals surface area contributed by atoms with Crippen LogP contribution in [0.3, 0.4) is 0 Å². The van der Waals surface area contributed by atoms with Gasteiger partial charge in [0.25, 0.3) is 5.56 Å². The molecule has 21 heavy (non-hydrogen) atoms. The van der Waals surface area contributed by atoms with E-state index in [1.807, 2.05) is 0 Å². The predicted molar refractivity (Wildman–Crippen MR) is 86.3 cm³/mol. The van der Waals surface area contributed by atoms with Crippen molar-refractivity contribution in [1.29, 1.82) is 0 Å². The van der Waals surface area contributed by atoms with Crippen molar-refractivity contribution in [3.8, 4) is 0 Å². The first-order valence-electron chi connectivity index (χ1n) is 7.19. The van der Waals surface area contributed by atoms with Crippen LogP contribution in [0.15, 0.2) is 11.0 Å². The lowest BCUT2D eigenvalue weighted by Gasteiger charge is -2.23. The third-order valence-electron chi connectivity index (χ3n) is 3.62. The van der Waals surface area contributed by atoms with Gasteiger partial charge in [-0.3, -0.25) is 4.79 Å². The summed E-state index contributed by atoms with van der Waals surface area (Å²) in [5.41, 5.74) is 0.280. The van der Waals surface area contributed by atoms with Gasteiger partial charge in [0, 0.05) is 26.2 Å². The standard InChI is InChI=1S/C14H25ClN4O2/c1-5-11(2)18(3)7-6-16-12-10-17-19(8-9-21-4)14(20)13(12)15/h10-11,16H,5-9H2,1-4H3. The zero-order valence-corrected chi connectivity index (χ0v) is 14.0. The van der Waals surface area contributed by atoms with Crippen LogP contribution >= 0.6 is 11.6 Å². The van der Waals surface area contributed by atoms with Crippen molar-refractivity contribution < 1.29 is 4.74 Å². The number of aromatic nitrogens is 2. The minimum absolute atomic E-state index is 0.173. The summed E-state index contributed by atoms with van der Waals surface area (Å²) in [5.74, 6) is 0. The first kappa shape index (κ1) is 17.9. The topological polar surface area (TPSA) is 59.4 Å². The second-order valence-electron chi connectivity index (χ2n) is 5.06. The summed E-state index contributed by atoms with van der Waals surface area (Å²) in [4.78, 5) is 14.3. The molecule has 1 aromatic rings. The molecule has 0 aliphatic carbocycles. The van der Waals surface area contributed by atoms with Crippen molar-refractivity contribution in [3.63, 3.8) is 0 Å². The molecule has 6 nitrogen and oxygen atoms in total. The van der Waals surface area contributed by atoms with Crippen LogP contribution in [-0.2, 0) is 11.3 Å². The lowest BCUT2D eigenvalue weighted by molar-refractivity contribution is 0.182. The Hall–Kier alpha value is -1.11. The maximum absolute atomic E-state index is 12.0. The Morgan fingerprint density at radius 2 is 2.29 bits per heavy atom. The fraction of sp³-hybridized carbons (Fsp3) is 0.714. The van der Waals surface area contributed by atoms with Gasteiger partial charge in [0.2, 0.25) is 0 Å². The van der Waals surface area contributed by atoms with Gasteiger partial charge >= 0.3 is 0 Å². The van der Waals surface area contributed by atoms with Gasteiger partial charge in [0.1, 0.15) is 5.02 Å². The van der Waals surface area contributed by atoms with Crippen LogP contribution in [0.2, 0.25) is 5.02 Å². The number of nitrogens with one attached hydrogen (secondary N) is 1. The van der Waals surface area contributed by atoms with E-state index >= 15 is 0 Å². The van der Waals surface area contributed by atoms with E-state index < -0.39 is 0 Å². The average molecular weight is 317 g/mol. The summed E-state index contributed by atoms with van der Waals surface area (Å²) >= 11 is 6.09. The van der Waals surface area contributed by atoms with Crippen molar-refractivity contribution in [2.24, 2.45) is 0 Å². The Morgan fingerprint density at radius 1 is 1.57 bits per heavy atom. The summed E-state index contributed by atoms with van der Waals surface area (Å²) in [6.07, 6.45) is 2.69. The molecule has 0 aliphatic heterocycles. The van der Waals surface area contributed by atoms with Crippen LogP contribution < -0.4 is 10.9 Å². The van der Waals surface area contributed by atoms with Crippen LogP contribution in [0, 0.1) is 0 Å². The van der Waals surface area contributed by atoms with E-state index in [1.54, 1.807) is 13.3 Å². The summed E-state index contributed by atoms with van der Waals surface area (Å²) < 4.78 is 6.24. The highest BCUT2D eigenvalue weighted by Crippen LogP contribution is 2.14. The molecule has 1 heterocycles. The molecule has 1 unspecified atom stereocenters. The average Bonchev–Trinajstić information content (AvgIpc) is 2.49. The SMILES string of the molecule is CCC(C)N(C)CCNc1cnn(CCOC)c(=O)c1Cl. The van der Waals surface area contributed by atoms with E-state index in [-0.39, 0.29) is 10.6 Å². The van der Waals surface area contributed by atoms with Crippen LogP contribution in [0.5, 0.6) is 0 Å². The number of rotatable bonds is 9. The lowest BCUT2D eigenvalue weighted by Crippen LogP contribution is -2.33. The molecule has 1 N–H and O–H groups in total. The van der Waals surface area contributed by atoms with Gasteiger partial charge in [-0.05, 0) is 20.4 Å². The molecule has 0 spiro atoms. The summed E-state index contributed by atoms with van der Waals surface area (Å²) in [7, 11) is 3.66. The van der Waals surface area contributed by atoms with Crippen molar-refractivity contribution in [2.45, 2.75) is 32.9 Å². The molecule has 120 valence electrons. The summed E-state index contributed by atoms with van der Waals surface area (Å²) in [6.45, 7) is 6.75. The van der Waals surface area contributed by atoms with Crippen LogP contribution in [-0.4, -0.2) is 54.6 Å². The van der Waals surface area contributed by atoms with Crippen molar-refractivity contribution >= 4 is 17.3 Å². The Morgan fingerprint density at radius 3 is 2.90 bits per heavy atom. The van der Waals surface area contributed by atoms with Gasteiger partial charge in [-0.15, -0.1) is 0 Å². The molecular weight excluding hydrogens is 292 g/mol. The lowest BCUT2D eigenvalue weighted by atomic mass is 10.2. The highest BCUT2D eigenvalue weighted by Gasteiger charge is 2.10. The molecule has 0 fully saturated rings. The van der Waals surface area contributed by atoms with Crippen LogP contribution in [0.1, 0.15) is 20.3 Å². The Labute approximate surface area is 131 Å². The minimum Gasteiger partial charge on any atom is -0.383 e. The second-order valence-corrected chi connectivity index (χ2v) is 5.44. The second kappa shape index (κ2) is 9.02. The number of likely N-dealkylation sites (N-methyl/N-ethyl adjacent to an activating group) is 1. The van der Waals surface area contributed by atoms with E-state index in [1.165, 1.54) is 4.68 Å². The fourth-order valence-corrected chi connectivity index (χ4v) is 2.04. The van der Waals surface area contributed by atoms with Crippen molar-refractivity contribution in [1.82, 2.24) is 14.7 Å². The van der Waals surface area contributed by atoms with E-state index in [2.05, 4.69) is 36.2 Å². The Bertz CT molecular complexity index is 492. The number of ether oxygens (including phenoxy) is 1. The first-order chi connectivity index (χ1) is 10.0. The largest absolute Gasteiger partial charge is 0.383 e. The predicted octanol–water partition coefficient (Wildman–Crippen LogP) is 1.69. The summed E-state index contributed by atoms with van der Waals surface area (Å²) in [5, 5.41) is 7.43. The van der Waals surface area contributed by atoms with Gasteiger partial charge in [-0.1, -0.05) is 18.5 Å². The van der Waals surface area contributed by atoms with Gasteiger partial charge in [0.15, 0.2) is 0 Å². The molecule has 0 aliphatic rings. The zero-order chi connectivity index (χ0) is 15.8. The Balaban J connectivity index is 2.60. The molecule has 0 amide bonds. The molecule has 7 heteroatoms. The van der Waals surface area contributed by atoms with Crippen molar-refractivity contribution in [2.75, 3.05) is 39.2 Å². The minimum atomic E-state index is -0.297. The molecule has 1 rings (SSSR count). The van der Waals surface area contributed by atoms with E-state index in [4.69, 9.17) is 16.3 Å². The number of methoxy groups -OCH3 is 1. The maximum atomic E-state index is 12.0. The molecule has 0 saturated heterocycles. The van der Waals surface area contributed by atoms with Gasteiger partial charge in [-0.25, -0.2) is 4.68 Å². The van der Waals surface area contributed by atoms with Gasteiger partial charge in [-0.2, -0.15) is 5.10 Å². The van der Waals surface area contributed by atoms with E-state index in [0.717, 1.165) is 13.0 Å². The number of halogens is 1. The molecule has 0 bridgehead atoms. The smallest absolute Gasteiger partial charge is 0.287 e. The molecule has 1 aromatic heterocycles. The zero-order valence-electron chi connectivity index (χ0n) is 13.2.